The van der Waals surface area contributed by atoms with Crippen molar-refractivity contribution in [3.63, 3.8) is 0 Å². The van der Waals surface area contributed by atoms with Crippen molar-refractivity contribution < 1.29 is 14.3 Å². The average molecular weight is 455 g/mol. The van der Waals surface area contributed by atoms with E-state index in [0.717, 1.165) is 81.7 Å². The van der Waals surface area contributed by atoms with Gasteiger partial charge in [0, 0.05) is 52.1 Å². The zero-order chi connectivity index (χ0) is 22.6. The molecule has 1 N–H and O–H groups in total. The Morgan fingerprint density at radius 1 is 1.12 bits per heavy atom. The lowest BCUT2D eigenvalue weighted by Crippen LogP contribution is -2.42. The van der Waals surface area contributed by atoms with Gasteiger partial charge < -0.3 is 24.3 Å². The van der Waals surface area contributed by atoms with Crippen LogP contribution >= 0.6 is 0 Å². The molecule has 3 aliphatic rings. The Balaban J connectivity index is 1.13. The molecule has 2 aromatic rings. The summed E-state index contributed by atoms with van der Waals surface area (Å²) in [5, 5.41) is 12.0. The predicted molar refractivity (Wildman–Crippen MR) is 123 cm³/mol. The van der Waals surface area contributed by atoms with Gasteiger partial charge in [-0.05, 0) is 44.1 Å². The smallest absolute Gasteiger partial charge is 0.224 e. The number of rotatable bonds is 6. The molecule has 1 saturated heterocycles. The number of hydrogen-bond acceptors (Lipinski definition) is 7. The van der Waals surface area contributed by atoms with Gasteiger partial charge >= 0.3 is 0 Å². The van der Waals surface area contributed by atoms with Gasteiger partial charge in [-0.2, -0.15) is 0 Å². The monoisotopic (exact) mass is 454 g/mol. The summed E-state index contributed by atoms with van der Waals surface area (Å²) < 4.78 is 13.6. The van der Waals surface area contributed by atoms with Crippen LogP contribution in [0.4, 0.5) is 0 Å². The van der Waals surface area contributed by atoms with Gasteiger partial charge in [0.2, 0.25) is 5.91 Å². The summed E-state index contributed by atoms with van der Waals surface area (Å²) >= 11 is 0. The van der Waals surface area contributed by atoms with Crippen LogP contribution in [0.2, 0.25) is 0 Å². The molecule has 33 heavy (non-hydrogen) atoms. The molecule has 0 spiro atoms. The van der Waals surface area contributed by atoms with E-state index < -0.39 is 0 Å². The molecule has 0 radical (unpaired) electrons. The van der Waals surface area contributed by atoms with Crippen molar-refractivity contribution in [2.75, 3.05) is 53.0 Å². The number of fused-ring (bicyclic) bond motifs is 2. The van der Waals surface area contributed by atoms with Gasteiger partial charge in [0.15, 0.2) is 11.5 Å². The predicted octanol–water partition coefficient (Wildman–Crippen LogP) is 1.11. The lowest BCUT2D eigenvalue weighted by atomic mass is 9.97. The Morgan fingerprint density at radius 3 is 2.88 bits per heavy atom. The summed E-state index contributed by atoms with van der Waals surface area (Å²) in [4.78, 5) is 17.2. The number of nitrogens with zero attached hydrogens (tertiary/aromatic N) is 5. The van der Waals surface area contributed by atoms with Crippen LogP contribution in [0.1, 0.15) is 30.1 Å². The van der Waals surface area contributed by atoms with Crippen LogP contribution in [0.3, 0.4) is 0 Å². The van der Waals surface area contributed by atoms with Gasteiger partial charge in [-0.15, -0.1) is 10.2 Å². The highest BCUT2D eigenvalue weighted by Crippen LogP contribution is 2.31. The largest absolute Gasteiger partial charge is 0.486 e. The van der Waals surface area contributed by atoms with Crippen LogP contribution in [0, 0.1) is 5.92 Å². The first-order valence-corrected chi connectivity index (χ1v) is 12.1. The number of carbonyl (C=O) groups excluding carboxylic acids is 1. The molecule has 1 aromatic heterocycles. The van der Waals surface area contributed by atoms with Crippen LogP contribution < -0.4 is 14.8 Å². The van der Waals surface area contributed by atoms with Gasteiger partial charge in [0.1, 0.15) is 24.9 Å². The third-order valence-corrected chi connectivity index (χ3v) is 6.85. The molecule has 3 aliphatic heterocycles. The number of ether oxygens (including phenoxy) is 2. The zero-order valence-corrected chi connectivity index (χ0v) is 19.5. The van der Waals surface area contributed by atoms with E-state index in [-0.39, 0.29) is 11.8 Å². The number of hydrogen-bond donors (Lipinski definition) is 1. The minimum atomic E-state index is 0.105. The molecule has 9 nitrogen and oxygen atoms in total. The molecule has 5 rings (SSSR count). The molecule has 1 atom stereocenters. The third-order valence-electron chi connectivity index (χ3n) is 6.85. The maximum atomic E-state index is 12.5. The minimum Gasteiger partial charge on any atom is -0.486 e. The van der Waals surface area contributed by atoms with Crippen molar-refractivity contribution in [2.45, 2.75) is 38.8 Å². The van der Waals surface area contributed by atoms with Crippen LogP contribution in [0.15, 0.2) is 18.2 Å². The van der Waals surface area contributed by atoms with Crippen LogP contribution in [-0.4, -0.2) is 83.5 Å². The summed E-state index contributed by atoms with van der Waals surface area (Å²) in [6.45, 7) is 7.38. The van der Waals surface area contributed by atoms with E-state index in [9.17, 15) is 4.79 Å². The Bertz CT molecular complexity index is 977. The standard InChI is InChI=1S/C24H34N6O3/c1-28-9-2-3-19(17-28)24(31)25-8-6-22-26-27-23-7-10-29(11-12-30(22)23)16-18-4-5-20-21(15-18)33-14-13-32-20/h4-5,15,19H,2-3,6-14,16-17H2,1H3,(H,25,31)/t19-/m1/s1. The number of nitrogens with one attached hydrogen (secondary N) is 1. The minimum absolute atomic E-state index is 0.105. The van der Waals surface area contributed by atoms with E-state index in [2.05, 4.69) is 49.1 Å². The maximum absolute atomic E-state index is 12.5. The van der Waals surface area contributed by atoms with Crippen molar-refractivity contribution in [1.82, 2.24) is 29.9 Å². The quantitative estimate of drug-likeness (QED) is 0.700. The molecule has 0 aliphatic carbocycles. The first-order valence-electron chi connectivity index (χ1n) is 12.1. The van der Waals surface area contributed by atoms with Crippen molar-refractivity contribution in [3.8, 4) is 11.5 Å². The molecule has 0 saturated carbocycles. The van der Waals surface area contributed by atoms with Crippen molar-refractivity contribution in [1.29, 1.82) is 0 Å². The normalized spacial score (nSPS) is 21.3. The average Bonchev–Trinajstić information content (AvgIpc) is 3.10. The van der Waals surface area contributed by atoms with Gasteiger partial charge in [0.05, 0.1) is 5.92 Å². The van der Waals surface area contributed by atoms with Crippen molar-refractivity contribution >= 4 is 5.91 Å². The summed E-state index contributed by atoms with van der Waals surface area (Å²) in [6, 6.07) is 6.22. The second-order valence-electron chi connectivity index (χ2n) is 9.33. The molecule has 4 heterocycles. The number of amides is 1. The first kappa shape index (κ1) is 22.2. The maximum Gasteiger partial charge on any atom is 0.224 e. The molecule has 1 fully saturated rings. The van der Waals surface area contributed by atoms with Crippen molar-refractivity contribution in [3.05, 3.63) is 35.4 Å². The highest BCUT2D eigenvalue weighted by molar-refractivity contribution is 5.78. The second kappa shape index (κ2) is 10.1. The molecular formula is C24H34N6O3. The van der Waals surface area contributed by atoms with E-state index >= 15 is 0 Å². The number of likely N-dealkylation sites (tertiary alicyclic amines) is 1. The highest BCUT2D eigenvalue weighted by atomic mass is 16.6. The second-order valence-corrected chi connectivity index (χ2v) is 9.33. The number of carbonyl (C=O) groups is 1. The summed E-state index contributed by atoms with van der Waals surface area (Å²) in [5.41, 5.74) is 1.23. The van der Waals surface area contributed by atoms with E-state index in [0.29, 0.717) is 26.2 Å². The van der Waals surface area contributed by atoms with Crippen LogP contribution in [0.5, 0.6) is 11.5 Å². The fourth-order valence-corrected chi connectivity index (χ4v) is 5.04. The van der Waals surface area contributed by atoms with E-state index in [1.165, 1.54) is 5.56 Å². The van der Waals surface area contributed by atoms with Gasteiger partial charge in [-0.1, -0.05) is 6.07 Å². The fourth-order valence-electron chi connectivity index (χ4n) is 5.04. The van der Waals surface area contributed by atoms with Crippen LogP contribution in [0.25, 0.3) is 0 Å². The highest BCUT2D eigenvalue weighted by Gasteiger charge is 2.24. The number of aromatic nitrogens is 3. The fraction of sp³-hybridized carbons (Fsp3) is 0.625. The van der Waals surface area contributed by atoms with Crippen molar-refractivity contribution in [2.24, 2.45) is 5.92 Å². The van der Waals surface area contributed by atoms with E-state index in [4.69, 9.17) is 9.47 Å². The first-order chi connectivity index (χ1) is 16.2. The molecule has 0 unspecified atom stereocenters. The van der Waals surface area contributed by atoms with Crippen LogP contribution in [-0.2, 0) is 30.7 Å². The lowest BCUT2D eigenvalue weighted by molar-refractivity contribution is -0.126. The Labute approximate surface area is 195 Å². The van der Waals surface area contributed by atoms with Gasteiger partial charge in [-0.25, -0.2) is 0 Å². The summed E-state index contributed by atoms with van der Waals surface area (Å²) in [7, 11) is 2.09. The number of benzene rings is 1. The topological polar surface area (TPSA) is 84.8 Å². The molecule has 9 heteroatoms. The molecule has 0 bridgehead atoms. The van der Waals surface area contributed by atoms with E-state index in [1.807, 2.05) is 6.07 Å². The summed E-state index contributed by atoms with van der Waals surface area (Å²) in [5.74, 6) is 3.95. The van der Waals surface area contributed by atoms with Gasteiger partial charge in [-0.3, -0.25) is 9.69 Å². The summed E-state index contributed by atoms with van der Waals surface area (Å²) in [6.07, 6.45) is 3.66. The molecular weight excluding hydrogens is 420 g/mol. The zero-order valence-electron chi connectivity index (χ0n) is 19.5. The molecule has 1 amide bonds. The molecule has 178 valence electrons. The van der Waals surface area contributed by atoms with Gasteiger partial charge in [0.25, 0.3) is 0 Å². The third kappa shape index (κ3) is 5.30. The number of piperidine rings is 1. The van der Waals surface area contributed by atoms with E-state index in [1.54, 1.807) is 0 Å². The SMILES string of the molecule is CN1CCC[C@@H](C(=O)NCCc2nnc3n2CCN(Cc2ccc4c(c2)OCCO4)CC3)C1. The molecule has 1 aromatic carbocycles. The Kier molecular flexibility index (Phi) is 6.78. The lowest BCUT2D eigenvalue weighted by Gasteiger charge is -2.28. The Morgan fingerprint density at radius 2 is 2.00 bits per heavy atom. The Hall–Kier alpha value is -2.65.